The molecule has 3 N–H and O–H groups in total. The third-order valence-electron chi connectivity index (χ3n) is 2.51. The van der Waals surface area contributed by atoms with Crippen molar-refractivity contribution in [2.24, 2.45) is 5.73 Å². The van der Waals surface area contributed by atoms with Gasteiger partial charge >= 0.3 is 0 Å². The first-order valence-corrected chi connectivity index (χ1v) is 5.79. The molecule has 0 bridgehead atoms. The molecule has 17 heavy (non-hydrogen) atoms. The predicted molar refractivity (Wildman–Crippen MR) is 67.4 cm³/mol. The number of nitrogens with two attached hydrogens (primary N) is 1. The van der Waals surface area contributed by atoms with E-state index in [9.17, 15) is 0 Å². The number of hydrogen-bond acceptors (Lipinski definition) is 4. The second-order valence-corrected chi connectivity index (χ2v) is 4.19. The maximum Gasteiger partial charge on any atom is 0.161 e. The summed E-state index contributed by atoms with van der Waals surface area (Å²) in [5.41, 5.74) is 6.80. The van der Waals surface area contributed by atoms with E-state index in [0.717, 1.165) is 5.56 Å². The molecule has 1 aromatic carbocycles. The van der Waals surface area contributed by atoms with Crippen molar-refractivity contribution in [2.75, 3.05) is 13.7 Å². The van der Waals surface area contributed by atoms with Crippen molar-refractivity contribution >= 4 is 0 Å². The number of aliphatic hydroxyl groups excluding tert-OH is 1. The molecule has 2 unspecified atom stereocenters. The first-order chi connectivity index (χ1) is 8.04. The number of hydrogen-bond donors (Lipinski definition) is 2. The smallest absolute Gasteiger partial charge is 0.161 e. The molecule has 96 valence electrons. The average Bonchev–Trinajstić information content (AvgIpc) is 2.28. The van der Waals surface area contributed by atoms with Gasteiger partial charge in [0.25, 0.3) is 0 Å². The Bertz CT molecular complexity index is 351. The summed E-state index contributed by atoms with van der Waals surface area (Å²) in [4.78, 5) is 0. The first kappa shape index (κ1) is 13.8. The molecule has 0 aromatic heterocycles. The van der Waals surface area contributed by atoms with Crippen molar-refractivity contribution in [2.45, 2.75) is 32.4 Å². The van der Waals surface area contributed by atoms with Crippen molar-refractivity contribution in [1.29, 1.82) is 0 Å². The summed E-state index contributed by atoms with van der Waals surface area (Å²) in [5, 5.41) is 9.15. The van der Waals surface area contributed by atoms with Crippen molar-refractivity contribution in [3.8, 4) is 11.5 Å². The fraction of sp³-hybridized carbons (Fsp3) is 0.538. The van der Waals surface area contributed by atoms with Crippen LogP contribution in [-0.2, 0) is 0 Å². The van der Waals surface area contributed by atoms with E-state index in [2.05, 4.69) is 0 Å². The monoisotopic (exact) mass is 239 g/mol. The van der Waals surface area contributed by atoms with Gasteiger partial charge in [-0.1, -0.05) is 6.07 Å². The second-order valence-electron chi connectivity index (χ2n) is 4.19. The highest BCUT2D eigenvalue weighted by molar-refractivity contribution is 5.43. The van der Waals surface area contributed by atoms with Gasteiger partial charge in [0.15, 0.2) is 11.5 Å². The highest BCUT2D eigenvalue weighted by Crippen LogP contribution is 2.29. The standard InChI is InChI=1S/C13H21NO3/c1-9(15)6-7-17-12-5-4-11(10(2)14)8-13(12)16-3/h4-5,8-10,15H,6-7,14H2,1-3H3. The quantitative estimate of drug-likeness (QED) is 0.795. The van der Waals surface area contributed by atoms with Crippen LogP contribution in [0.4, 0.5) is 0 Å². The van der Waals surface area contributed by atoms with Crippen LogP contribution in [0, 0.1) is 0 Å². The van der Waals surface area contributed by atoms with Gasteiger partial charge in [-0.2, -0.15) is 0 Å². The van der Waals surface area contributed by atoms with Crippen LogP contribution in [0.15, 0.2) is 18.2 Å². The maximum atomic E-state index is 9.15. The van der Waals surface area contributed by atoms with Crippen molar-refractivity contribution in [3.05, 3.63) is 23.8 Å². The maximum absolute atomic E-state index is 9.15. The zero-order valence-corrected chi connectivity index (χ0v) is 10.6. The molecule has 0 fully saturated rings. The zero-order chi connectivity index (χ0) is 12.8. The van der Waals surface area contributed by atoms with E-state index >= 15 is 0 Å². The van der Waals surface area contributed by atoms with Crippen LogP contribution >= 0.6 is 0 Å². The molecule has 4 heteroatoms. The lowest BCUT2D eigenvalue weighted by atomic mass is 10.1. The highest BCUT2D eigenvalue weighted by atomic mass is 16.5. The Hall–Kier alpha value is -1.26. The van der Waals surface area contributed by atoms with E-state index in [-0.39, 0.29) is 12.1 Å². The van der Waals surface area contributed by atoms with E-state index < -0.39 is 0 Å². The fourth-order valence-corrected chi connectivity index (χ4v) is 1.43. The largest absolute Gasteiger partial charge is 0.493 e. The summed E-state index contributed by atoms with van der Waals surface area (Å²) in [6.07, 6.45) is 0.238. The Balaban J connectivity index is 2.71. The van der Waals surface area contributed by atoms with E-state index in [4.69, 9.17) is 20.3 Å². The van der Waals surface area contributed by atoms with Crippen LogP contribution in [0.1, 0.15) is 31.9 Å². The molecule has 0 amide bonds. The van der Waals surface area contributed by atoms with Gasteiger partial charge in [-0.25, -0.2) is 0 Å². The normalized spacial score (nSPS) is 14.2. The average molecular weight is 239 g/mol. The van der Waals surface area contributed by atoms with Gasteiger partial charge in [0.05, 0.1) is 19.8 Å². The van der Waals surface area contributed by atoms with E-state index in [1.165, 1.54) is 0 Å². The topological polar surface area (TPSA) is 64.7 Å². The Morgan fingerprint density at radius 2 is 2.00 bits per heavy atom. The Morgan fingerprint density at radius 1 is 1.29 bits per heavy atom. The third-order valence-corrected chi connectivity index (χ3v) is 2.51. The molecule has 1 aromatic rings. The second kappa shape index (κ2) is 6.47. The molecule has 0 saturated heterocycles. The molecular formula is C13H21NO3. The number of methoxy groups -OCH3 is 1. The minimum atomic E-state index is -0.357. The van der Waals surface area contributed by atoms with Gasteiger partial charge in [-0.15, -0.1) is 0 Å². The zero-order valence-electron chi connectivity index (χ0n) is 10.6. The van der Waals surface area contributed by atoms with Crippen LogP contribution in [0.5, 0.6) is 11.5 Å². The van der Waals surface area contributed by atoms with Crippen LogP contribution in [-0.4, -0.2) is 24.9 Å². The molecular weight excluding hydrogens is 218 g/mol. The van der Waals surface area contributed by atoms with Crippen molar-refractivity contribution < 1.29 is 14.6 Å². The molecule has 2 atom stereocenters. The van der Waals surface area contributed by atoms with Crippen LogP contribution in [0.2, 0.25) is 0 Å². The van der Waals surface area contributed by atoms with Gasteiger partial charge in [0.2, 0.25) is 0 Å². The Morgan fingerprint density at radius 3 is 2.53 bits per heavy atom. The SMILES string of the molecule is COc1cc(C(C)N)ccc1OCCC(C)O. The van der Waals surface area contributed by atoms with Gasteiger partial charge in [-0.05, 0) is 31.5 Å². The van der Waals surface area contributed by atoms with Crippen molar-refractivity contribution in [1.82, 2.24) is 0 Å². The highest BCUT2D eigenvalue weighted by Gasteiger charge is 2.08. The third kappa shape index (κ3) is 4.24. The Labute approximate surface area is 102 Å². The van der Waals surface area contributed by atoms with E-state index in [0.29, 0.717) is 24.5 Å². The minimum absolute atomic E-state index is 0.0320. The first-order valence-electron chi connectivity index (χ1n) is 5.79. The van der Waals surface area contributed by atoms with E-state index in [1.807, 2.05) is 25.1 Å². The lowest BCUT2D eigenvalue weighted by Gasteiger charge is -2.14. The van der Waals surface area contributed by atoms with Gasteiger partial charge in [-0.3, -0.25) is 0 Å². The van der Waals surface area contributed by atoms with Crippen LogP contribution in [0.3, 0.4) is 0 Å². The summed E-state index contributed by atoms with van der Waals surface area (Å²) in [6, 6.07) is 5.61. The van der Waals surface area contributed by atoms with Gasteiger partial charge in [0, 0.05) is 12.5 Å². The molecule has 4 nitrogen and oxygen atoms in total. The molecule has 0 aliphatic carbocycles. The number of benzene rings is 1. The van der Waals surface area contributed by atoms with Crippen molar-refractivity contribution in [3.63, 3.8) is 0 Å². The summed E-state index contributed by atoms with van der Waals surface area (Å²) in [7, 11) is 1.60. The fourth-order valence-electron chi connectivity index (χ4n) is 1.43. The molecule has 0 spiro atoms. The summed E-state index contributed by atoms with van der Waals surface area (Å²) >= 11 is 0. The Kier molecular flexibility index (Phi) is 5.25. The van der Waals surface area contributed by atoms with E-state index in [1.54, 1.807) is 14.0 Å². The lowest BCUT2D eigenvalue weighted by molar-refractivity contribution is 0.154. The van der Waals surface area contributed by atoms with Crippen LogP contribution in [0.25, 0.3) is 0 Å². The van der Waals surface area contributed by atoms with Gasteiger partial charge in [0.1, 0.15) is 0 Å². The minimum Gasteiger partial charge on any atom is -0.493 e. The molecule has 0 radical (unpaired) electrons. The number of aliphatic hydroxyl groups is 1. The molecule has 1 rings (SSSR count). The number of ether oxygens (including phenoxy) is 2. The number of rotatable bonds is 6. The predicted octanol–water partition coefficient (Wildman–Crippen LogP) is 1.86. The van der Waals surface area contributed by atoms with Gasteiger partial charge < -0.3 is 20.3 Å². The lowest BCUT2D eigenvalue weighted by Crippen LogP contribution is -2.09. The molecule has 0 aliphatic heterocycles. The summed E-state index contributed by atoms with van der Waals surface area (Å²) < 4.78 is 10.8. The molecule has 0 saturated carbocycles. The summed E-state index contributed by atoms with van der Waals surface area (Å²) in [5.74, 6) is 1.35. The summed E-state index contributed by atoms with van der Waals surface area (Å²) in [6.45, 7) is 4.12. The molecule has 0 heterocycles. The van der Waals surface area contributed by atoms with Crippen LogP contribution < -0.4 is 15.2 Å². The molecule has 0 aliphatic rings.